The van der Waals surface area contributed by atoms with Crippen molar-refractivity contribution in [1.82, 2.24) is 0 Å². The topological polar surface area (TPSA) is 57.5 Å². The molecule has 0 saturated carbocycles. The Balaban J connectivity index is 2.08. The smallest absolute Gasteiger partial charge is 0.323 e. The first-order chi connectivity index (χ1) is 12.7. The monoisotopic (exact) mass is 342 g/mol. The van der Waals surface area contributed by atoms with Crippen LogP contribution in [-0.4, -0.2) is 16.2 Å². The van der Waals surface area contributed by atoms with Crippen molar-refractivity contribution in [2.24, 2.45) is 0 Å². The van der Waals surface area contributed by atoms with Crippen molar-refractivity contribution in [1.29, 1.82) is 0 Å². The summed E-state index contributed by atoms with van der Waals surface area (Å²) in [7, 11) is 0. The molecule has 1 unspecified atom stereocenters. The molecule has 3 nitrogen and oxygen atoms in total. The van der Waals surface area contributed by atoms with Gasteiger partial charge in [0, 0.05) is 0 Å². The number of benzene rings is 3. The molecule has 4 rings (SSSR count). The predicted octanol–water partition coefficient (Wildman–Crippen LogP) is 4.19. The summed E-state index contributed by atoms with van der Waals surface area (Å²) in [5.74, 6) is -0.968. The Kier molecular flexibility index (Phi) is 3.94. The van der Waals surface area contributed by atoms with Crippen LogP contribution in [0.1, 0.15) is 28.4 Å². The number of rotatable bonds is 4. The SMILES string of the molecule is O=C(O)C(C1=CC(O)c2ccccc21)(c1ccccc1)c1ccccc1. The molecule has 0 aliphatic heterocycles. The van der Waals surface area contributed by atoms with Gasteiger partial charge in [0.25, 0.3) is 0 Å². The fourth-order valence-electron chi connectivity index (χ4n) is 3.88. The van der Waals surface area contributed by atoms with E-state index < -0.39 is 17.5 Å². The van der Waals surface area contributed by atoms with Crippen molar-refractivity contribution in [3.8, 4) is 0 Å². The molecule has 26 heavy (non-hydrogen) atoms. The standard InChI is InChI=1S/C23H18O3/c24-21-15-20(18-13-7-8-14-19(18)21)23(22(25)26,16-9-3-1-4-10-16)17-11-5-2-6-12-17/h1-15,21,24H,(H,25,26). The second-order valence-corrected chi connectivity index (χ2v) is 6.40. The Morgan fingerprint density at radius 2 is 1.27 bits per heavy atom. The van der Waals surface area contributed by atoms with Gasteiger partial charge in [0.05, 0.1) is 6.10 Å². The Morgan fingerprint density at radius 3 is 1.81 bits per heavy atom. The maximum absolute atomic E-state index is 12.8. The van der Waals surface area contributed by atoms with Crippen LogP contribution in [0, 0.1) is 0 Å². The summed E-state index contributed by atoms with van der Waals surface area (Å²) in [4.78, 5) is 12.8. The van der Waals surface area contributed by atoms with Crippen molar-refractivity contribution in [3.63, 3.8) is 0 Å². The summed E-state index contributed by atoms with van der Waals surface area (Å²) >= 11 is 0. The van der Waals surface area contributed by atoms with Crippen LogP contribution < -0.4 is 0 Å². The molecule has 3 aromatic rings. The van der Waals surface area contributed by atoms with Crippen LogP contribution in [0.5, 0.6) is 0 Å². The van der Waals surface area contributed by atoms with E-state index in [0.29, 0.717) is 16.7 Å². The Labute approximate surface area is 151 Å². The van der Waals surface area contributed by atoms with Crippen LogP contribution in [0.3, 0.4) is 0 Å². The first-order valence-corrected chi connectivity index (χ1v) is 8.50. The normalized spacial score (nSPS) is 16.0. The lowest BCUT2D eigenvalue weighted by atomic mass is 9.67. The fraction of sp³-hybridized carbons (Fsp3) is 0.0870. The Morgan fingerprint density at radius 1 is 0.769 bits per heavy atom. The van der Waals surface area contributed by atoms with E-state index in [9.17, 15) is 15.0 Å². The molecule has 0 fully saturated rings. The fourth-order valence-corrected chi connectivity index (χ4v) is 3.88. The van der Waals surface area contributed by atoms with Crippen molar-refractivity contribution in [2.45, 2.75) is 11.5 Å². The molecule has 1 aliphatic rings. The molecular formula is C23H18O3. The number of carboxylic acids is 1. The van der Waals surface area contributed by atoms with E-state index in [-0.39, 0.29) is 0 Å². The summed E-state index contributed by atoms with van der Waals surface area (Å²) in [5, 5.41) is 21.0. The summed E-state index contributed by atoms with van der Waals surface area (Å²) in [5.41, 5.74) is 2.04. The number of aliphatic hydroxyl groups is 1. The van der Waals surface area contributed by atoms with E-state index >= 15 is 0 Å². The predicted molar refractivity (Wildman–Crippen MR) is 101 cm³/mol. The van der Waals surface area contributed by atoms with Gasteiger partial charge in [0.15, 0.2) is 0 Å². The van der Waals surface area contributed by atoms with Gasteiger partial charge in [0.1, 0.15) is 5.41 Å². The third-order valence-corrected chi connectivity index (χ3v) is 5.03. The molecule has 3 heteroatoms. The molecular weight excluding hydrogens is 324 g/mol. The second-order valence-electron chi connectivity index (χ2n) is 6.40. The minimum absolute atomic E-state index is 0.602. The zero-order valence-electron chi connectivity index (χ0n) is 14.0. The molecule has 0 radical (unpaired) electrons. The number of hydrogen-bond acceptors (Lipinski definition) is 2. The highest BCUT2D eigenvalue weighted by atomic mass is 16.4. The molecule has 0 bridgehead atoms. The molecule has 3 aromatic carbocycles. The molecule has 128 valence electrons. The highest BCUT2D eigenvalue weighted by Crippen LogP contribution is 2.49. The first kappa shape index (κ1) is 16.3. The highest BCUT2D eigenvalue weighted by molar-refractivity contribution is 6.04. The van der Waals surface area contributed by atoms with E-state index in [4.69, 9.17) is 0 Å². The summed E-state index contributed by atoms with van der Waals surface area (Å²) in [6.07, 6.45) is 0.853. The summed E-state index contributed by atoms with van der Waals surface area (Å²) < 4.78 is 0. The quantitative estimate of drug-likeness (QED) is 0.747. The maximum Gasteiger partial charge on any atom is 0.323 e. The van der Waals surface area contributed by atoms with Crippen LogP contribution in [0.15, 0.2) is 91.0 Å². The van der Waals surface area contributed by atoms with E-state index in [1.54, 1.807) is 6.08 Å². The van der Waals surface area contributed by atoms with Crippen molar-refractivity contribution < 1.29 is 15.0 Å². The summed E-state index contributed by atoms with van der Waals surface area (Å²) in [6, 6.07) is 25.9. The molecule has 0 aromatic heterocycles. The molecule has 0 saturated heterocycles. The van der Waals surface area contributed by atoms with Gasteiger partial charge in [-0.15, -0.1) is 0 Å². The van der Waals surface area contributed by atoms with Gasteiger partial charge < -0.3 is 10.2 Å². The van der Waals surface area contributed by atoms with Crippen LogP contribution in [0.4, 0.5) is 0 Å². The number of hydrogen-bond donors (Lipinski definition) is 2. The third kappa shape index (κ3) is 2.29. The van der Waals surface area contributed by atoms with Gasteiger partial charge in [-0.25, -0.2) is 0 Å². The minimum atomic E-state index is -1.39. The maximum atomic E-state index is 12.8. The molecule has 2 N–H and O–H groups in total. The van der Waals surface area contributed by atoms with Gasteiger partial charge in [-0.05, 0) is 33.9 Å². The van der Waals surface area contributed by atoms with Gasteiger partial charge in [-0.1, -0.05) is 84.9 Å². The lowest BCUT2D eigenvalue weighted by molar-refractivity contribution is -0.140. The zero-order valence-corrected chi connectivity index (χ0v) is 14.0. The van der Waals surface area contributed by atoms with Crippen molar-refractivity contribution in [2.75, 3.05) is 0 Å². The molecule has 1 atom stereocenters. The Bertz CT molecular complexity index is 935. The van der Waals surface area contributed by atoms with E-state index in [2.05, 4.69) is 0 Å². The van der Waals surface area contributed by atoms with Gasteiger partial charge in [-0.2, -0.15) is 0 Å². The van der Waals surface area contributed by atoms with E-state index in [1.165, 1.54) is 0 Å². The van der Waals surface area contributed by atoms with Crippen molar-refractivity contribution in [3.05, 3.63) is 113 Å². The minimum Gasteiger partial charge on any atom is -0.480 e. The van der Waals surface area contributed by atoms with Gasteiger partial charge >= 0.3 is 5.97 Å². The highest BCUT2D eigenvalue weighted by Gasteiger charge is 2.48. The largest absolute Gasteiger partial charge is 0.480 e. The molecule has 0 heterocycles. The van der Waals surface area contributed by atoms with Crippen LogP contribution in [-0.2, 0) is 10.2 Å². The third-order valence-electron chi connectivity index (χ3n) is 5.03. The zero-order chi connectivity index (χ0) is 18.1. The number of fused-ring (bicyclic) bond motifs is 1. The average molecular weight is 342 g/mol. The van der Waals surface area contributed by atoms with Crippen LogP contribution in [0.25, 0.3) is 5.57 Å². The average Bonchev–Trinajstić information content (AvgIpc) is 3.01. The lowest BCUT2D eigenvalue weighted by Gasteiger charge is -2.33. The van der Waals surface area contributed by atoms with Gasteiger partial charge in [0.2, 0.25) is 0 Å². The number of carboxylic acid groups (broad SMARTS) is 1. The number of aliphatic carboxylic acids is 1. The molecule has 1 aliphatic carbocycles. The number of carbonyl (C=O) groups is 1. The first-order valence-electron chi connectivity index (χ1n) is 8.50. The van der Waals surface area contributed by atoms with Crippen LogP contribution in [0.2, 0.25) is 0 Å². The van der Waals surface area contributed by atoms with E-state index in [0.717, 1.165) is 11.1 Å². The molecule has 0 amide bonds. The summed E-state index contributed by atoms with van der Waals surface area (Å²) in [6.45, 7) is 0. The lowest BCUT2D eigenvalue weighted by Crippen LogP contribution is -2.38. The Hall–Kier alpha value is -3.17. The van der Waals surface area contributed by atoms with Gasteiger partial charge in [-0.3, -0.25) is 4.79 Å². The van der Waals surface area contributed by atoms with Crippen molar-refractivity contribution >= 4 is 11.5 Å². The second kappa shape index (κ2) is 6.28. The van der Waals surface area contributed by atoms with Crippen LogP contribution >= 0.6 is 0 Å². The number of aliphatic hydroxyl groups excluding tert-OH is 1. The molecule has 0 spiro atoms. The van der Waals surface area contributed by atoms with E-state index in [1.807, 2.05) is 84.9 Å².